The number of furan rings is 1. The highest BCUT2D eigenvalue weighted by Gasteiger charge is 2.15. The van der Waals surface area contributed by atoms with Gasteiger partial charge in [0.05, 0.1) is 6.04 Å². The second kappa shape index (κ2) is 7.51. The second-order valence-electron chi connectivity index (χ2n) is 5.02. The Morgan fingerprint density at radius 2 is 1.75 bits per heavy atom. The van der Waals surface area contributed by atoms with E-state index in [1.54, 1.807) is 6.07 Å². The van der Waals surface area contributed by atoms with E-state index in [1.807, 2.05) is 6.07 Å². The predicted molar refractivity (Wildman–Crippen MR) is 84.3 cm³/mol. The smallest absolute Gasteiger partial charge is 0.193 e. The van der Waals surface area contributed by atoms with Crippen molar-refractivity contribution in [1.82, 2.24) is 5.32 Å². The van der Waals surface area contributed by atoms with Crippen LogP contribution < -0.4 is 5.32 Å². The molecule has 0 aliphatic heterocycles. The molecule has 1 heterocycles. The van der Waals surface area contributed by atoms with E-state index in [9.17, 15) is 0 Å². The van der Waals surface area contributed by atoms with Crippen LogP contribution in [0.1, 0.15) is 43.2 Å². The Hall–Kier alpha value is -1.25. The van der Waals surface area contributed by atoms with Gasteiger partial charge in [-0.3, -0.25) is 0 Å². The van der Waals surface area contributed by atoms with Gasteiger partial charge in [-0.2, -0.15) is 0 Å². The summed E-state index contributed by atoms with van der Waals surface area (Å²) in [5, 5.41) is 3.97. The molecule has 20 heavy (non-hydrogen) atoms. The largest absolute Gasteiger partial charge is 0.448 e. The molecule has 0 amide bonds. The molecule has 0 aliphatic carbocycles. The molecule has 2 aromatic rings. The quantitative estimate of drug-likeness (QED) is 0.794. The first-order valence-electron chi connectivity index (χ1n) is 7.29. The van der Waals surface area contributed by atoms with E-state index in [1.165, 1.54) is 11.1 Å². The third kappa shape index (κ3) is 4.12. The highest BCUT2D eigenvalue weighted by molar-refractivity contribution is 6.28. The predicted octanol–water partition coefficient (Wildman–Crippen LogP) is 4.78. The fraction of sp³-hybridized carbons (Fsp3) is 0.412. The topological polar surface area (TPSA) is 25.2 Å². The number of hydrogen-bond acceptors (Lipinski definition) is 2. The molecule has 1 aromatic carbocycles. The molecule has 2 rings (SSSR count). The van der Waals surface area contributed by atoms with Crippen LogP contribution in [0.3, 0.4) is 0 Å². The Morgan fingerprint density at radius 1 is 1.05 bits per heavy atom. The van der Waals surface area contributed by atoms with E-state index < -0.39 is 0 Å². The van der Waals surface area contributed by atoms with Gasteiger partial charge in [0, 0.05) is 0 Å². The van der Waals surface area contributed by atoms with Gasteiger partial charge in [0.15, 0.2) is 5.22 Å². The van der Waals surface area contributed by atoms with E-state index in [2.05, 4.69) is 43.4 Å². The first-order chi connectivity index (χ1) is 9.72. The standard InChI is InChI=1S/C17H22ClNO/c1-3-11-19-15(16-9-10-17(18)20-16)12-14-7-5-13(4-2)6-8-14/h5-10,15,19H,3-4,11-12H2,1-2H3. The molecule has 1 N–H and O–H groups in total. The summed E-state index contributed by atoms with van der Waals surface area (Å²) in [4.78, 5) is 0. The number of nitrogens with one attached hydrogen (secondary N) is 1. The summed E-state index contributed by atoms with van der Waals surface area (Å²) in [6.07, 6.45) is 3.08. The van der Waals surface area contributed by atoms with Crippen LogP contribution in [-0.4, -0.2) is 6.54 Å². The number of hydrogen-bond donors (Lipinski definition) is 1. The van der Waals surface area contributed by atoms with Gasteiger partial charge in [0.2, 0.25) is 0 Å². The van der Waals surface area contributed by atoms with Gasteiger partial charge in [-0.15, -0.1) is 0 Å². The molecule has 0 aliphatic rings. The lowest BCUT2D eigenvalue weighted by Gasteiger charge is -2.16. The fourth-order valence-corrected chi connectivity index (χ4v) is 2.41. The molecule has 1 atom stereocenters. The highest BCUT2D eigenvalue weighted by atomic mass is 35.5. The van der Waals surface area contributed by atoms with Gasteiger partial charge < -0.3 is 9.73 Å². The Morgan fingerprint density at radius 3 is 2.30 bits per heavy atom. The van der Waals surface area contributed by atoms with Crippen molar-refractivity contribution in [2.24, 2.45) is 0 Å². The third-order valence-corrected chi connectivity index (χ3v) is 3.65. The Bertz CT molecular complexity index is 518. The number of rotatable bonds is 7. The SMILES string of the molecule is CCCNC(Cc1ccc(CC)cc1)c1ccc(Cl)o1. The zero-order valence-corrected chi connectivity index (χ0v) is 12.9. The zero-order chi connectivity index (χ0) is 14.4. The molecule has 0 spiro atoms. The number of aryl methyl sites for hydroxylation is 1. The van der Waals surface area contributed by atoms with Crippen LogP contribution in [0.2, 0.25) is 5.22 Å². The summed E-state index contributed by atoms with van der Waals surface area (Å²) in [5.74, 6) is 0.906. The van der Waals surface area contributed by atoms with Crippen LogP contribution in [0.4, 0.5) is 0 Å². The van der Waals surface area contributed by atoms with Crippen molar-refractivity contribution in [2.75, 3.05) is 6.54 Å². The molecular weight excluding hydrogens is 270 g/mol. The second-order valence-corrected chi connectivity index (χ2v) is 5.40. The summed E-state index contributed by atoms with van der Waals surface area (Å²) in [5.41, 5.74) is 2.68. The van der Waals surface area contributed by atoms with Crippen LogP contribution in [0, 0.1) is 0 Å². The maximum Gasteiger partial charge on any atom is 0.193 e. The molecule has 1 aromatic heterocycles. The van der Waals surface area contributed by atoms with E-state index in [0.717, 1.165) is 31.6 Å². The number of benzene rings is 1. The van der Waals surface area contributed by atoms with Crippen LogP contribution in [0.25, 0.3) is 0 Å². The molecule has 2 nitrogen and oxygen atoms in total. The average molecular weight is 292 g/mol. The lowest BCUT2D eigenvalue weighted by Crippen LogP contribution is -2.23. The van der Waals surface area contributed by atoms with E-state index in [-0.39, 0.29) is 6.04 Å². The number of halogens is 1. The van der Waals surface area contributed by atoms with E-state index in [0.29, 0.717) is 5.22 Å². The van der Waals surface area contributed by atoms with Crippen molar-refractivity contribution in [3.63, 3.8) is 0 Å². The first kappa shape index (κ1) is 15.1. The van der Waals surface area contributed by atoms with Gasteiger partial charge in [0.1, 0.15) is 5.76 Å². The fourth-order valence-electron chi connectivity index (χ4n) is 2.25. The summed E-state index contributed by atoms with van der Waals surface area (Å²) >= 11 is 5.89. The lowest BCUT2D eigenvalue weighted by molar-refractivity contribution is 0.411. The van der Waals surface area contributed by atoms with Gasteiger partial charge in [-0.05, 0) is 60.7 Å². The third-order valence-electron chi connectivity index (χ3n) is 3.45. The minimum atomic E-state index is 0.176. The van der Waals surface area contributed by atoms with E-state index in [4.69, 9.17) is 16.0 Å². The summed E-state index contributed by atoms with van der Waals surface area (Å²) in [7, 11) is 0. The lowest BCUT2D eigenvalue weighted by atomic mass is 10.0. The molecule has 108 valence electrons. The summed E-state index contributed by atoms with van der Waals surface area (Å²) in [6, 6.07) is 12.7. The van der Waals surface area contributed by atoms with Crippen molar-refractivity contribution < 1.29 is 4.42 Å². The molecule has 0 radical (unpaired) electrons. The molecule has 0 saturated carbocycles. The van der Waals surface area contributed by atoms with E-state index >= 15 is 0 Å². The Labute approximate surface area is 126 Å². The molecule has 0 fully saturated rings. The van der Waals surface area contributed by atoms with Crippen molar-refractivity contribution in [3.05, 3.63) is 58.5 Å². The Kier molecular flexibility index (Phi) is 5.69. The Balaban J connectivity index is 2.10. The molecule has 0 saturated heterocycles. The first-order valence-corrected chi connectivity index (χ1v) is 7.67. The van der Waals surface area contributed by atoms with Crippen molar-refractivity contribution >= 4 is 11.6 Å². The molecule has 1 unspecified atom stereocenters. The van der Waals surface area contributed by atoms with Gasteiger partial charge >= 0.3 is 0 Å². The van der Waals surface area contributed by atoms with Crippen LogP contribution >= 0.6 is 11.6 Å². The van der Waals surface area contributed by atoms with Gasteiger partial charge in [-0.25, -0.2) is 0 Å². The van der Waals surface area contributed by atoms with Crippen molar-refractivity contribution in [1.29, 1.82) is 0 Å². The maximum atomic E-state index is 5.89. The normalized spacial score (nSPS) is 12.6. The highest BCUT2D eigenvalue weighted by Crippen LogP contribution is 2.23. The molecular formula is C17H22ClNO. The summed E-state index contributed by atoms with van der Waals surface area (Å²) < 4.78 is 5.56. The van der Waals surface area contributed by atoms with Crippen molar-refractivity contribution in [3.8, 4) is 0 Å². The summed E-state index contributed by atoms with van der Waals surface area (Å²) in [6.45, 7) is 5.30. The molecule has 0 bridgehead atoms. The minimum absolute atomic E-state index is 0.176. The van der Waals surface area contributed by atoms with Crippen molar-refractivity contribution in [2.45, 2.75) is 39.2 Å². The average Bonchev–Trinajstić information content (AvgIpc) is 2.90. The zero-order valence-electron chi connectivity index (χ0n) is 12.2. The van der Waals surface area contributed by atoms with Gasteiger partial charge in [-0.1, -0.05) is 38.1 Å². The van der Waals surface area contributed by atoms with Crippen LogP contribution in [-0.2, 0) is 12.8 Å². The van der Waals surface area contributed by atoms with Gasteiger partial charge in [0.25, 0.3) is 0 Å². The minimum Gasteiger partial charge on any atom is -0.448 e. The maximum absolute atomic E-state index is 5.89. The monoisotopic (exact) mass is 291 g/mol. The molecule has 3 heteroatoms. The van der Waals surface area contributed by atoms with Crippen LogP contribution in [0.5, 0.6) is 0 Å². The van der Waals surface area contributed by atoms with Crippen LogP contribution in [0.15, 0.2) is 40.8 Å².